The summed E-state index contributed by atoms with van der Waals surface area (Å²) in [5, 5.41) is 12.4. The van der Waals surface area contributed by atoms with Crippen LogP contribution in [0.25, 0.3) is 0 Å². The molecule has 0 spiro atoms. The van der Waals surface area contributed by atoms with Crippen LogP contribution in [0.2, 0.25) is 0 Å². The number of sulfonamides is 1. The van der Waals surface area contributed by atoms with Crippen molar-refractivity contribution >= 4 is 15.9 Å². The molecule has 2 rings (SSSR count). The highest BCUT2D eigenvalue weighted by Gasteiger charge is 2.30. The van der Waals surface area contributed by atoms with Gasteiger partial charge in [0.05, 0.1) is 31.6 Å². The molecule has 0 aliphatic carbocycles. The average Bonchev–Trinajstić information content (AvgIpc) is 2.70. The normalized spacial score (nSPS) is 14.7. The number of amides is 1. The standard InChI is InChI=1S/C21H28N2O5S/c1-16(28-15-18-11-7-4-8-12-18)20(23-29(2,26)27)21(25)22-19(14-24)13-17-9-5-3-6-10-17/h3-12,16,19-20,23-24H,13-15H2,1-2H3,(H,22,25)/t16?,19-,20+/m0/s1. The van der Waals surface area contributed by atoms with Gasteiger partial charge in [-0.15, -0.1) is 0 Å². The minimum Gasteiger partial charge on any atom is -0.394 e. The van der Waals surface area contributed by atoms with Gasteiger partial charge in [-0.1, -0.05) is 60.7 Å². The molecule has 0 aliphatic rings. The van der Waals surface area contributed by atoms with Gasteiger partial charge < -0.3 is 15.2 Å². The van der Waals surface area contributed by atoms with Gasteiger partial charge in [0, 0.05) is 0 Å². The average molecular weight is 421 g/mol. The first-order chi connectivity index (χ1) is 13.8. The molecule has 0 bridgehead atoms. The van der Waals surface area contributed by atoms with E-state index in [0.29, 0.717) is 6.42 Å². The molecule has 158 valence electrons. The number of aliphatic hydroxyl groups excluding tert-OH is 1. The summed E-state index contributed by atoms with van der Waals surface area (Å²) in [5.74, 6) is -0.550. The Kier molecular flexibility index (Phi) is 8.78. The Bertz CT molecular complexity index is 859. The SMILES string of the molecule is CC(OCc1ccccc1)[C@@H](NS(C)(=O)=O)C(=O)N[C@H](CO)Cc1ccccc1. The lowest BCUT2D eigenvalue weighted by Crippen LogP contribution is -2.55. The molecule has 2 aromatic rings. The van der Waals surface area contributed by atoms with Gasteiger partial charge in [-0.2, -0.15) is 0 Å². The van der Waals surface area contributed by atoms with Crippen molar-refractivity contribution in [2.75, 3.05) is 12.9 Å². The molecular formula is C21H28N2O5S. The number of hydrogen-bond acceptors (Lipinski definition) is 5. The van der Waals surface area contributed by atoms with Crippen molar-refractivity contribution in [3.8, 4) is 0 Å². The minimum atomic E-state index is -3.65. The lowest BCUT2D eigenvalue weighted by molar-refractivity contribution is -0.127. The van der Waals surface area contributed by atoms with Gasteiger partial charge in [-0.05, 0) is 24.5 Å². The van der Waals surface area contributed by atoms with Crippen molar-refractivity contribution in [3.63, 3.8) is 0 Å². The van der Waals surface area contributed by atoms with E-state index in [1.807, 2.05) is 60.7 Å². The Labute approximate surface area is 172 Å². The second kappa shape index (κ2) is 11.1. The lowest BCUT2D eigenvalue weighted by atomic mass is 10.1. The number of aliphatic hydroxyl groups is 1. The number of nitrogens with one attached hydrogen (secondary N) is 2. The summed E-state index contributed by atoms with van der Waals surface area (Å²) in [6, 6.07) is 17.1. The zero-order valence-corrected chi connectivity index (χ0v) is 17.4. The van der Waals surface area contributed by atoms with Gasteiger partial charge in [-0.25, -0.2) is 13.1 Å². The van der Waals surface area contributed by atoms with E-state index in [2.05, 4.69) is 10.0 Å². The monoisotopic (exact) mass is 420 g/mol. The van der Waals surface area contributed by atoms with E-state index in [1.54, 1.807) is 6.92 Å². The van der Waals surface area contributed by atoms with Crippen LogP contribution in [0.4, 0.5) is 0 Å². The molecule has 0 aliphatic heterocycles. The van der Waals surface area contributed by atoms with Crippen molar-refractivity contribution in [1.29, 1.82) is 0 Å². The second-order valence-corrected chi connectivity index (χ2v) is 8.73. The zero-order chi connectivity index (χ0) is 21.3. The van der Waals surface area contributed by atoms with Crippen molar-refractivity contribution in [1.82, 2.24) is 10.0 Å². The van der Waals surface area contributed by atoms with E-state index in [4.69, 9.17) is 4.74 Å². The maximum Gasteiger partial charge on any atom is 0.241 e. The fourth-order valence-corrected chi connectivity index (χ4v) is 3.60. The van der Waals surface area contributed by atoms with Gasteiger partial charge in [0.15, 0.2) is 0 Å². The van der Waals surface area contributed by atoms with E-state index in [-0.39, 0.29) is 13.2 Å². The van der Waals surface area contributed by atoms with Gasteiger partial charge >= 0.3 is 0 Å². The van der Waals surface area contributed by atoms with E-state index >= 15 is 0 Å². The molecule has 0 saturated carbocycles. The predicted octanol–water partition coefficient (Wildman–Crippen LogP) is 1.23. The van der Waals surface area contributed by atoms with Crippen LogP contribution in [0, 0.1) is 0 Å². The molecule has 0 heterocycles. The molecule has 7 nitrogen and oxygen atoms in total. The largest absolute Gasteiger partial charge is 0.394 e. The third-order valence-corrected chi connectivity index (χ3v) is 5.02. The van der Waals surface area contributed by atoms with Gasteiger partial charge in [0.25, 0.3) is 0 Å². The fraction of sp³-hybridized carbons (Fsp3) is 0.381. The van der Waals surface area contributed by atoms with Crippen LogP contribution in [-0.2, 0) is 32.6 Å². The van der Waals surface area contributed by atoms with Crippen LogP contribution in [0.1, 0.15) is 18.1 Å². The molecule has 29 heavy (non-hydrogen) atoms. The summed E-state index contributed by atoms with van der Waals surface area (Å²) < 4.78 is 31.6. The molecule has 0 aromatic heterocycles. The first-order valence-corrected chi connectivity index (χ1v) is 11.3. The smallest absolute Gasteiger partial charge is 0.241 e. The molecule has 0 radical (unpaired) electrons. The van der Waals surface area contributed by atoms with E-state index in [1.165, 1.54) is 0 Å². The fourth-order valence-electron chi connectivity index (χ4n) is 2.84. The molecule has 1 unspecified atom stereocenters. The van der Waals surface area contributed by atoms with Crippen LogP contribution in [0.15, 0.2) is 60.7 Å². The van der Waals surface area contributed by atoms with Gasteiger partial charge in [0.2, 0.25) is 15.9 Å². The van der Waals surface area contributed by atoms with Gasteiger partial charge in [0.1, 0.15) is 6.04 Å². The summed E-state index contributed by atoms with van der Waals surface area (Å²) in [4.78, 5) is 12.8. The summed E-state index contributed by atoms with van der Waals surface area (Å²) in [6.07, 6.45) is 0.694. The van der Waals surface area contributed by atoms with Crippen LogP contribution >= 0.6 is 0 Å². The van der Waals surface area contributed by atoms with Crippen molar-refractivity contribution < 1.29 is 23.1 Å². The molecule has 8 heteroatoms. The third-order valence-electron chi connectivity index (χ3n) is 4.34. The first-order valence-electron chi connectivity index (χ1n) is 9.36. The molecule has 3 atom stereocenters. The number of hydrogen-bond donors (Lipinski definition) is 3. The predicted molar refractivity (Wildman–Crippen MR) is 112 cm³/mol. The lowest BCUT2D eigenvalue weighted by Gasteiger charge is -2.26. The van der Waals surface area contributed by atoms with E-state index in [9.17, 15) is 18.3 Å². The van der Waals surface area contributed by atoms with Crippen molar-refractivity contribution in [2.24, 2.45) is 0 Å². The summed E-state index contributed by atoms with van der Waals surface area (Å²) in [6.45, 7) is 1.60. The number of ether oxygens (including phenoxy) is 1. The number of benzene rings is 2. The van der Waals surface area contributed by atoms with Gasteiger partial charge in [-0.3, -0.25) is 4.79 Å². The number of rotatable bonds is 11. The third kappa shape index (κ3) is 8.33. The molecule has 1 amide bonds. The Hall–Kier alpha value is -2.26. The highest BCUT2D eigenvalue weighted by Crippen LogP contribution is 2.09. The van der Waals surface area contributed by atoms with E-state index in [0.717, 1.165) is 17.4 Å². The van der Waals surface area contributed by atoms with Crippen molar-refractivity contribution in [3.05, 3.63) is 71.8 Å². The first kappa shape index (κ1) is 23.0. The summed E-state index contributed by atoms with van der Waals surface area (Å²) in [7, 11) is -3.65. The Morgan fingerprint density at radius 2 is 1.59 bits per heavy atom. The Balaban J connectivity index is 2.05. The second-order valence-electron chi connectivity index (χ2n) is 6.95. The summed E-state index contributed by atoms with van der Waals surface area (Å²) >= 11 is 0. The number of carbonyl (C=O) groups excluding carboxylic acids is 1. The maximum absolute atomic E-state index is 12.8. The molecule has 0 fully saturated rings. The maximum atomic E-state index is 12.8. The summed E-state index contributed by atoms with van der Waals surface area (Å²) in [5.41, 5.74) is 1.86. The molecule has 0 saturated heterocycles. The quantitative estimate of drug-likeness (QED) is 0.507. The van der Waals surface area contributed by atoms with Crippen LogP contribution < -0.4 is 10.0 Å². The van der Waals surface area contributed by atoms with Crippen LogP contribution in [-0.4, -0.2) is 50.5 Å². The molecular weight excluding hydrogens is 392 g/mol. The molecule has 2 aromatic carbocycles. The van der Waals surface area contributed by atoms with Crippen molar-refractivity contribution in [2.45, 2.75) is 38.1 Å². The highest BCUT2D eigenvalue weighted by atomic mass is 32.2. The molecule has 3 N–H and O–H groups in total. The topological polar surface area (TPSA) is 105 Å². The van der Waals surface area contributed by atoms with E-state index < -0.39 is 34.1 Å². The number of carbonyl (C=O) groups is 1. The zero-order valence-electron chi connectivity index (χ0n) is 16.6. The highest BCUT2D eigenvalue weighted by molar-refractivity contribution is 7.88. The Morgan fingerprint density at radius 1 is 1.03 bits per heavy atom. The minimum absolute atomic E-state index is 0.241. The van der Waals surface area contributed by atoms with Crippen LogP contribution in [0.5, 0.6) is 0 Å². The Morgan fingerprint density at radius 3 is 2.10 bits per heavy atom. The van der Waals surface area contributed by atoms with Crippen LogP contribution in [0.3, 0.4) is 0 Å².